The van der Waals surface area contributed by atoms with Crippen molar-refractivity contribution in [2.75, 3.05) is 7.05 Å². The maximum atomic E-state index is 13.0. The summed E-state index contributed by atoms with van der Waals surface area (Å²) in [5.41, 5.74) is 2.98. The van der Waals surface area contributed by atoms with Crippen molar-refractivity contribution in [2.45, 2.75) is 33.4 Å². The normalized spacial score (nSPS) is 11.3. The Morgan fingerprint density at radius 2 is 1.97 bits per heavy atom. The summed E-state index contributed by atoms with van der Waals surface area (Å²) in [6.07, 6.45) is 2.56. The number of halogens is 4. The maximum absolute atomic E-state index is 13.0. The van der Waals surface area contributed by atoms with E-state index in [1.165, 1.54) is 17.3 Å². The van der Waals surface area contributed by atoms with E-state index in [4.69, 9.17) is 23.2 Å². The summed E-state index contributed by atoms with van der Waals surface area (Å²) in [5, 5.41) is 5.35. The van der Waals surface area contributed by atoms with Crippen molar-refractivity contribution < 1.29 is 13.6 Å². The predicted octanol–water partition coefficient (Wildman–Crippen LogP) is 4.59. The summed E-state index contributed by atoms with van der Waals surface area (Å²) in [5.74, 6) is -0.107. The van der Waals surface area contributed by atoms with Crippen LogP contribution in [0, 0.1) is 13.8 Å². The molecule has 2 aromatic heterocycles. The minimum Gasteiger partial charge on any atom is -0.338 e. The molecule has 0 aliphatic carbocycles. The molecule has 3 rings (SSSR count). The van der Waals surface area contributed by atoms with Gasteiger partial charge in [0.25, 0.3) is 0 Å². The molecule has 0 atom stereocenters. The first kappa shape index (κ1) is 21.3. The Morgan fingerprint density at radius 1 is 1.24 bits per heavy atom. The fourth-order valence-corrected chi connectivity index (χ4v) is 3.32. The van der Waals surface area contributed by atoms with Crippen LogP contribution < -0.4 is 0 Å². The first-order valence-electron chi connectivity index (χ1n) is 8.73. The molecule has 0 aliphatic rings. The van der Waals surface area contributed by atoms with E-state index in [1.54, 1.807) is 29.9 Å². The van der Waals surface area contributed by atoms with E-state index in [0.717, 1.165) is 21.5 Å². The smallest absolute Gasteiger partial charge is 0.319 e. The number of aryl methyl sites for hydroxylation is 1. The van der Waals surface area contributed by atoms with E-state index in [9.17, 15) is 13.6 Å². The lowest BCUT2D eigenvalue weighted by Gasteiger charge is -2.18. The second kappa shape index (κ2) is 8.51. The van der Waals surface area contributed by atoms with Gasteiger partial charge in [-0.25, -0.2) is 9.67 Å². The molecule has 2 heterocycles. The molecule has 0 radical (unpaired) electrons. The van der Waals surface area contributed by atoms with Gasteiger partial charge in [0.2, 0.25) is 5.91 Å². The van der Waals surface area contributed by atoms with Crippen LogP contribution in [0.2, 0.25) is 10.0 Å². The second-order valence-corrected chi connectivity index (χ2v) is 7.43. The molecule has 29 heavy (non-hydrogen) atoms. The van der Waals surface area contributed by atoms with Crippen molar-refractivity contribution in [3.05, 3.63) is 63.4 Å². The van der Waals surface area contributed by atoms with Crippen molar-refractivity contribution in [1.82, 2.24) is 24.2 Å². The molecule has 6 nitrogen and oxygen atoms in total. The Morgan fingerprint density at radius 3 is 2.62 bits per heavy atom. The number of aromatic nitrogens is 4. The molecule has 0 saturated carbocycles. The molecule has 0 fully saturated rings. The summed E-state index contributed by atoms with van der Waals surface area (Å²) in [4.78, 5) is 18.0. The fourth-order valence-electron chi connectivity index (χ4n) is 3.03. The van der Waals surface area contributed by atoms with E-state index < -0.39 is 6.55 Å². The van der Waals surface area contributed by atoms with Crippen molar-refractivity contribution in [2.24, 2.45) is 0 Å². The van der Waals surface area contributed by atoms with Crippen molar-refractivity contribution in [1.29, 1.82) is 0 Å². The van der Waals surface area contributed by atoms with Gasteiger partial charge >= 0.3 is 6.55 Å². The Labute approximate surface area is 176 Å². The van der Waals surface area contributed by atoms with Gasteiger partial charge in [0.15, 0.2) is 0 Å². The Bertz CT molecular complexity index is 1050. The fraction of sp³-hybridized carbons (Fsp3) is 0.316. The zero-order valence-corrected chi connectivity index (χ0v) is 17.5. The highest BCUT2D eigenvalue weighted by molar-refractivity contribution is 6.42. The molecule has 3 aromatic rings. The van der Waals surface area contributed by atoms with Crippen LogP contribution in [0.5, 0.6) is 0 Å². The van der Waals surface area contributed by atoms with Crippen LogP contribution in [-0.2, 0) is 17.8 Å². The Hall–Kier alpha value is -2.45. The van der Waals surface area contributed by atoms with Gasteiger partial charge in [-0.1, -0.05) is 23.2 Å². The van der Waals surface area contributed by atoms with Crippen LogP contribution >= 0.6 is 23.2 Å². The van der Waals surface area contributed by atoms with Crippen LogP contribution in [0.1, 0.15) is 29.3 Å². The quantitative estimate of drug-likeness (QED) is 0.561. The average molecular weight is 442 g/mol. The predicted molar refractivity (Wildman–Crippen MR) is 107 cm³/mol. The molecule has 154 valence electrons. The summed E-state index contributed by atoms with van der Waals surface area (Å²) >= 11 is 12.1. The van der Waals surface area contributed by atoms with Gasteiger partial charge in [0, 0.05) is 30.7 Å². The third-order valence-electron chi connectivity index (χ3n) is 4.68. The lowest BCUT2D eigenvalue weighted by molar-refractivity contribution is -0.129. The average Bonchev–Trinajstić information content (AvgIpc) is 3.23. The highest BCUT2D eigenvalue weighted by atomic mass is 35.5. The van der Waals surface area contributed by atoms with Crippen molar-refractivity contribution in [3.63, 3.8) is 0 Å². The number of nitrogens with zero attached hydrogens (tertiary/aromatic N) is 5. The topological polar surface area (TPSA) is 56.0 Å². The zero-order chi connectivity index (χ0) is 21.3. The van der Waals surface area contributed by atoms with Gasteiger partial charge in [0.1, 0.15) is 5.82 Å². The van der Waals surface area contributed by atoms with Crippen LogP contribution in [-0.4, -0.2) is 37.2 Å². The summed E-state index contributed by atoms with van der Waals surface area (Å²) in [6.45, 7) is 0.946. The van der Waals surface area contributed by atoms with Gasteiger partial charge < -0.3 is 4.90 Å². The molecule has 0 unspecified atom stereocenters. The largest absolute Gasteiger partial charge is 0.338 e. The summed E-state index contributed by atoms with van der Waals surface area (Å²) in [6, 6.07) is 5.17. The summed E-state index contributed by atoms with van der Waals surface area (Å²) in [7, 11) is 1.56. The molecule has 0 aliphatic heterocycles. The highest BCUT2D eigenvalue weighted by Gasteiger charge is 2.20. The first-order chi connectivity index (χ1) is 13.7. The number of alkyl halides is 2. The van der Waals surface area contributed by atoms with Crippen LogP contribution in [0.25, 0.3) is 5.69 Å². The number of carbonyl (C=O) groups is 1. The van der Waals surface area contributed by atoms with E-state index in [-0.39, 0.29) is 24.7 Å². The van der Waals surface area contributed by atoms with Crippen LogP contribution in [0.15, 0.2) is 30.6 Å². The van der Waals surface area contributed by atoms with Gasteiger partial charge in [-0.2, -0.15) is 13.9 Å². The molecule has 1 amide bonds. The molecule has 10 heteroatoms. The monoisotopic (exact) mass is 441 g/mol. The number of hydrogen-bond donors (Lipinski definition) is 0. The number of likely N-dealkylation sites (N-methyl/N-ethyl adjacent to an activating group) is 1. The van der Waals surface area contributed by atoms with Crippen molar-refractivity contribution in [3.8, 4) is 5.69 Å². The van der Waals surface area contributed by atoms with Crippen LogP contribution in [0.3, 0.4) is 0 Å². The molecule has 0 bridgehead atoms. The van der Waals surface area contributed by atoms with Gasteiger partial charge in [-0.3, -0.25) is 9.36 Å². The molecule has 0 spiro atoms. The van der Waals surface area contributed by atoms with E-state index in [0.29, 0.717) is 15.7 Å². The van der Waals surface area contributed by atoms with E-state index in [2.05, 4.69) is 10.1 Å². The van der Waals surface area contributed by atoms with Gasteiger partial charge in [0.05, 0.1) is 34.4 Å². The number of carbonyl (C=O) groups excluding carboxylic acids is 1. The number of amides is 1. The Kier molecular flexibility index (Phi) is 6.24. The zero-order valence-electron chi connectivity index (χ0n) is 16.0. The lowest BCUT2D eigenvalue weighted by atomic mass is 10.1. The minimum atomic E-state index is -2.70. The number of rotatable bonds is 6. The molecule has 0 saturated heterocycles. The SMILES string of the molecule is Cc1nn(-c2ccc(Cl)c(Cl)c2)c(C)c1CC(=O)N(C)Cc1nccn1C(F)F. The second-order valence-electron chi connectivity index (χ2n) is 6.61. The Balaban J connectivity index is 1.79. The standard InChI is InChI=1S/C19H19Cl2F2N5O/c1-11-14(12(2)28(25-11)13-4-5-15(20)16(21)8-13)9-18(29)26(3)10-17-24-6-7-27(17)19(22)23/h4-8,19H,9-10H2,1-3H3. The van der Waals surface area contributed by atoms with Gasteiger partial charge in [-0.15, -0.1) is 0 Å². The van der Waals surface area contributed by atoms with E-state index in [1.807, 2.05) is 13.8 Å². The van der Waals surface area contributed by atoms with Gasteiger partial charge in [-0.05, 0) is 32.0 Å². The molecule has 1 aromatic carbocycles. The molecular formula is C19H19Cl2F2N5O. The number of hydrogen-bond acceptors (Lipinski definition) is 3. The highest BCUT2D eigenvalue weighted by Crippen LogP contribution is 2.26. The third-order valence-corrected chi connectivity index (χ3v) is 5.42. The number of benzene rings is 1. The first-order valence-corrected chi connectivity index (χ1v) is 9.49. The molecular weight excluding hydrogens is 423 g/mol. The summed E-state index contributed by atoms with van der Waals surface area (Å²) < 4.78 is 28.4. The number of imidazole rings is 1. The third kappa shape index (κ3) is 4.43. The van der Waals surface area contributed by atoms with E-state index >= 15 is 0 Å². The lowest BCUT2D eigenvalue weighted by Crippen LogP contribution is -2.29. The minimum absolute atomic E-state index is 0.0187. The van der Waals surface area contributed by atoms with Crippen LogP contribution in [0.4, 0.5) is 8.78 Å². The van der Waals surface area contributed by atoms with Crippen molar-refractivity contribution >= 4 is 29.1 Å². The molecule has 0 N–H and O–H groups in total. The maximum Gasteiger partial charge on any atom is 0.319 e.